The van der Waals surface area contributed by atoms with E-state index in [0.29, 0.717) is 25.5 Å². The molecular formula is C20H15ClN2O5S2. The Morgan fingerprint density at radius 3 is 2.57 bits per heavy atom. The SMILES string of the molecule is O=C(CCN1C(=O)/C(=C/c2cc(Cl)ccc2O)SC1=S)Nc1ccc(C(=O)O)cc1. The number of benzene rings is 2. The van der Waals surface area contributed by atoms with Crippen molar-refractivity contribution in [3.8, 4) is 5.75 Å². The van der Waals surface area contributed by atoms with Gasteiger partial charge in [0.2, 0.25) is 5.91 Å². The Balaban J connectivity index is 1.61. The predicted molar refractivity (Wildman–Crippen MR) is 120 cm³/mol. The number of phenols is 1. The first-order valence-electron chi connectivity index (χ1n) is 8.61. The molecule has 2 aromatic carbocycles. The molecule has 0 aliphatic carbocycles. The second-order valence-corrected chi connectivity index (χ2v) is 8.33. The number of halogens is 1. The molecule has 3 rings (SSSR count). The number of rotatable bonds is 6. The third kappa shape index (κ3) is 5.18. The summed E-state index contributed by atoms with van der Waals surface area (Å²) in [6, 6.07) is 10.2. The lowest BCUT2D eigenvalue weighted by atomic mass is 10.2. The van der Waals surface area contributed by atoms with E-state index in [1.54, 1.807) is 0 Å². The fourth-order valence-corrected chi connectivity index (χ4v) is 4.09. The quantitative estimate of drug-likeness (QED) is 0.440. The average Bonchev–Trinajstić information content (AvgIpc) is 2.96. The summed E-state index contributed by atoms with van der Waals surface area (Å²) in [5.74, 6) is -1.77. The van der Waals surface area contributed by atoms with Crippen molar-refractivity contribution in [2.75, 3.05) is 11.9 Å². The summed E-state index contributed by atoms with van der Waals surface area (Å²) in [7, 11) is 0. The Kier molecular flexibility index (Phi) is 6.76. The smallest absolute Gasteiger partial charge is 0.335 e. The molecule has 1 fully saturated rings. The minimum absolute atomic E-state index is 0.00279. The third-order valence-corrected chi connectivity index (χ3v) is 5.74. The molecular weight excluding hydrogens is 448 g/mol. The molecule has 0 bridgehead atoms. The van der Waals surface area contributed by atoms with Gasteiger partial charge in [-0.25, -0.2) is 4.79 Å². The van der Waals surface area contributed by atoms with Crippen molar-refractivity contribution < 1.29 is 24.6 Å². The summed E-state index contributed by atoms with van der Waals surface area (Å²) >= 11 is 12.2. The molecule has 0 radical (unpaired) electrons. The number of phenolic OH excluding ortho intramolecular Hbond substituents is 1. The van der Waals surface area contributed by atoms with E-state index in [4.69, 9.17) is 28.9 Å². The normalized spacial score (nSPS) is 15.0. The molecule has 1 heterocycles. The highest BCUT2D eigenvalue weighted by atomic mass is 35.5. The van der Waals surface area contributed by atoms with Gasteiger partial charge in [-0.1, -0.05) is 35.6 Å². The van der Waals surface area contributed by atoms with Crippen molar-refractivity contribution in [3.05, 3.63) is 63.5 Å². The maximum absolute atomic E-state index is 12.6. The van der Waals surface area contributed by atoms with Crippen molar-refractivity contribution in [1.82, 2.24) is 4.90 Å². The molecule has 0 saturated carbocycles. The van der Waals surface area contributed by atoms with E-state index in [0.717, 1.165) is 11.8 Å². The Bertz CT molecular complexity index is 1070. The first-order chi connectivity index (χ1) is 14.2. The van der Waals surface area contributed by atoms with E-state index < -0.39 is 5.97 Å². The van der Waals surface area contributed by atoms with Gasteiger partial charge in [0, 0.05) is 29.2 Å². The Morgan fingerprint density at radius 1 is 1.20 bits per heavy atom. The number of nitrogens with one attached hydrogen (secondary N) is 1. The van der Waals surface area contributed by atoms with E-state index in [2.05, 4.69) is 5.32 Å². The van der Waals surface area contributed by atoms with Gasteiger partial charge in [0.25, 0.3) is 5.91 Å². The van der Waals surface area contributed by atoms with E-state index in [9.17, 15) is 19.5 Å². The zero-order valence-corrected chi connectivity index (χ0v) is 17.7. The van der Waals surface area contributed by atoms with Crippen LogP contribution in [-0.2, 0) is 9.59 Å². The lowest BCUT2D eigenvalue weighted by molar-refractivity contribution is -0.122. The Hall–Kier alpha value is -2.88. The van der Waals surface area contributed by atoms with Crippen LogP contribution >= 0.6 is 35.6 Å². The van der Waals surface area contributed by atoms with Crippen LogP contribution in [0.3, 0.4) is 0 Å². The van der Waals surface area contributed by atoms with Crippen molar-refractivity contribution in [3.63, 3.8) is 0 Å². The monoisotopic (exact) mass is 462 g/mol. The van der Waals surface area contributed by atoms with Crippen LogP contribution in [0.4, 0.5) is 5.69 Å². The number of aromatic carboxylic acids is 1. The van der Waals surface area contributed by atoms with Crippen LogP contribution < -0.4 is 5.32 Å². The number of hydrogen-bond acceptors (Lipinski definition) is 6. The minimum Gasteiger partial charge on any atom is -0.507 e. The second kappa shape index (κ2) is 9.29. The maximum atomic E-state index is 12.6. The molecule has 1 aliphatic rings. The van der Waals surface area contributed by atoms with Crippen molar-refractivity contribution in [2.24, 2.45) is 0 Å². The highest BCUT2D eigenvalue weighted by Crippen LogP contribution is 2.34. The number of hydrogen-bond donors (Lipinski definition) is 3. The van der Waals surface area contributed by atoms with Crippen LogP contribution in [0.5, 0.6) is 5.75 Å². The molecule has 154 valence electrons. The molecule has 0 atom stereocenters. The van der Waals surface area contributed by atoms with Crippen LogP contribution in [-0.4, -0.2) is 43.8 Å². The molecule has 0 aromatic heterocycles. The van der Waals surface area contributed by atoms with Gasteiger partial charge in [0.15, 0.2) is 0 Å². The van der Waals surface area contributed by atoms with Crippen molar-refractivity contribution >= 4 is 69.4 Å². The fourth-order valence-electron chi connectivity index (χ4n) is 2.61. The number of thiocarbonyl (C=S) groups is 1. The van der Waals surface area contributed by atoms with Gasteiger partial charge in [-0.05, 0) is 48.5 Å². The van der Waals surface area contributed by atoms with Gasteiger partial charge in [-0.15, -0.1) is 0 Å². The number of carboxylic acids is 1. The molecule has 2 amide bonds. The lowest BCUT2D eigenvalue weighted by Crippen LogP contribution is -2.31. The van der Waals surface area contributed by atoms with Crippen molar-refractivity contribution in [1.29, 1.82) is 0 Å². The lowest BCUT2D eigenvalue weighted by Gasteiger charge is -2.14. The average molecular weight is 463 g/mol. The van der Waals surface area contributed by atoms with Crippen LogP contribution in [0.1, 0.15) is 22.3 Å². The Labute approximate surface area is 186 Å². The molecule has 1 aliphatic heterocycles. The number of anilines is 1. The Morgan fingerprint density at radius 2 is 1.90 bits per heavy atom. The van der Waals surface area contributed by atoms with Crippen LogP contribution in [0.2, 0.25) is 5.02 Å². The summed E-state index contributed by atoms with van der Waals surface area (Å²) in [4.78, 5) is 37.3. The topological polar surface area (TPSA) is 107 Å². The largest absolute Gasteiger partial charge is 0.507 e. The number of aromatic hydroxyl groups is 1. The molecule has 10 heteroatoms. The summed E-state index contributed by atoms with van der Waals surface area (Å²) < 4.78 is 0.311. The second-order valence-electron chi connectivity index (χ2n) is 6.22. The number of carboxylic acid groups (broad SMARTS) is 1. The van der Waals surface area contributed by atoms with E-state index in [-0.39, 0.29) is 36.1 Å². The van der Waals surface area contributed by atoms with E-state index >= 15 is 0 Å². The standard InChI is InChI=1S/C20H15ClN2O5S2/c21-13-3-6-15(24)12(9-13)10-16-18(26)23(20(29)30-16)8-7-17(25)22-14-4-1-11(2-5-14)19(27)28/h1-6,9-10,24H,7-8H2,(H,22,25)(H,27,28)/b16-10-. The zero-order chi connectivity index (χ0) is 21.8. The molecule has 1 saturated heterocycles. The number of nitrogens with zero attached hydrogens (tertiary/aromatic N) is 1. The van der Waals surface area contributed by atoms with Gasteiger partial charge in [-0.2, -0.15) is 0 Å². The minimum atomic E-state index is -1.05. The molecule has 2 aromatic rings. The number of amides is 2. The third-order valence-electron chi connectivity index (χ3n) is 4.13. The van der Waals surface area contributed by atoms with E-state index in [1.165, 1.54) is 53.4 Å². The van der Waals surface area contributed by atoms with E-state index in [1.807, 2.05) is 0 Å². The van der Waals surface area contributed by atoms with Crippen LogP contribution in [0, 0.1) is 0 Å². The molecule has 0 unspecified atom stereocenters. The summed E-state index contributed by atoms with van der Waals surface area (Å²) in [6.07, 6.45) is 1.51. The van der Waals surface area contributed by atoms with Crippen molar-refractivity contribution in [2.45, 2.75) is 6.42 Å². The van der Waals surface area contributed by atoms with Gasteiger partial charge in [0.1, 0.15) is 10.1 Å². The number of carbonyl (C=O) groups is 3. The van der Waals surface area contributed by atoms with Gasteiger partial charge in [0.05, 0.1) is 10.5 Å². The highest BCUT2D eigenvalue weighted by molar-refractivity contribution is 8.26. The molecule has 7 nitrogen and oxygen atoms in total. The van der Waals surface area contributed by atoms with Crippen LogP contribution in [0.15, 0.2) is 47.4 Å². The first-order valence-corrected chi connectivity index (χ1v) is 10.2. The van der Waals surface area contributed by atoms with Gasteiger partial charge >= 0.3 is 5.97 Å². The highest BCUT2D eigenvalue weighted by Gasteiger charge is 2.32. The maximum Gasteiger partial charge on any atom is 0.335 e. The van der Waals surface area contributed by atoms with Crippen LogP contribution in [0.25, 0.3) is 6.08 Å². The summed E-state index contributed by atoms with van der Waals surface area (Å²) in [6.45, 7) is 0.0859. The summed E-state index contributed by atoms with van der Waals surface area (Å²) in [5.41, 5.74) is 0.959. The molecule has 3 N–H and O–H groups in total. The number of thioether (sulfide) groups is 1. The number of carbonyl (C=O) groups excluding carboxylic acids is 2. The summed E-state index contributed by atoms with van der Waals surface area (Å²) in [5, 5.41) is 21.9. The zero-order valence-electron chi connectivity index (χ0n) is 15.3. The predicted octanol–water partition coefficient (Wildman–Crippen LogP) is 3.97. The molecule has 30 heavy (non-hydrogen) atoms. The van der Waals surface area contributed by atoms with Gasteiger partial charge < -0.3 is 15.5 Å². The molecule has 0 spiro atoms. The fraction of sp³-hybridized carbons (Fsp3) is 0.100. The first kappa shape index (κ1) is 21.8. The van der Waals surface area contributed by atoms with Gasteiger partial charge in [-0.3, -0.25) is 14.5 Å².